The van der Waals surface area contributed by atoms with E-state index < -0.39 is 13.9 Å². The van der Waals surface area contributed by atoms with Gasteiger partial charge in [-0.25, -0.2) is 0 Å². The third kappa shape index (κ3) is 4.51. The Morgan fingerprint density at radius 2 is 1.65 bits per heavy atom. The normalized spacial score (nSPS) is 14.6. The van der Waals surface area contributed by atoms with Crippen LogP contribution in [0.25, 0.3) is 0 Å². The molecule has 1 aromatic carbocycles. The van der Waals surface area contributed by atoms with Crippen LogP contribution in [-0.2, 0) is 10.8 Å². The Morgan fingerprint density at radius 1 is 1.10 bits per heavy atom. The molecule has 1 atom stereocenters. The molecule has 1 rings (SSSR count). The summed E-state index contributed by atoms with van der Waals surface area (Å²) in [6.45, 7) is 8.81. The largest absolute Gasteiger partial charge is 0.401 e. The van der Waals surface area contributed by atoms with Gasteiger partial charge in [0.05, 0.1) is 0 Å². The highest BCUT2D eigenvalue weighted by Crippen LogP contribution is 2.30. The van der Waals surface area contributed by atoms with Gasteiger partial charge in [-0.2, -0.15) is 0 Å². The molecule has 0 amide bonds. The van der Waals surface area contributed by atoms with Crippen molar-refractivity contribution in [1.29, 1.82) is 0 Å². The van der Waals surface area contributed by atoms with Crippen LogP contribution in [0.2, 0.25) is 18.1 Å². The first kappa shape index (κ1) is 17.0. The van der Waals surface area contributed by atoms with E-state index in [1.807, 2.05) is 6.07 Å². The van der Waals surface area contributed by atoms with E-state index in [1.54, 1.807) is 0 Å². The maximum Gasteiger partial charge on any atom is 0.194 e. The number of benzene rings is 1. The van der Waals surface area contributed by atoms with Gasteiger partial charge in [0, 0.05) is 0 Å². The van der Waals surface area contributed by atoms with Gasteiger partial charge in [0.2, 0.25) is 0 Å². The summed E-state index contributed by atoms with van der Waals surface area (Å²) < 4.78 is 6.55. The first-order valence-corrected chi connectivity index (χ1v) is 10.3. The van der Waals surface area contributed by atoms with Gasteiger partial charge in [-0.05, 0) is 43.5 Å². The van der Waals surface area contributed by atoms with Crippen LogP contribution in [0.5, 0.6) is 0 Å². The van der Waals surface area contributed by atoms with Crippen LogP contribution in [0.4, 0.5) is 0 Å². The molecule has 0 aromatic heterocycles. The summed E-state index contributed by atoms with van der Waals surface area (Å²) >= 11 is 0. The molecule has 20 heavy (non-hydrogen) atoms. The molecule has 0 saturated heterocycles. The molecule has 0 saturated carbocycles. The minimum Gasteiger partial charge on any atom is -0.401 e. The third-order valence-electron chi connectivity index (χ3n) is 4.41. The summed E-state index contributed by atoms with van der Waals surface area (Å²) in [6, 6.07) is 13.9. The van der Waals surface area contributed by atoms with Gasteiger partial charge in [-0.3, -0.25) is 0 Å². The molecular formula is C18H28OSi. The zero-order valence-electron chi connectivity index (χ0n) is 13.4. The summed E-state index contributed by atoms with van der Waals surface area (Å²) in [6.07, 6.45) is 7.66. The molecule has 1 aromatic rings. The van der Waals surface area contributed by atoms with Crippen LogP contribution in [0.3, 0.4) is 0 Å². The number of rotatable bonds is 8. The van der Waals surface area contributed by atoms with Crippen molar-refractivity contribution in [3.63, 3.8) is 0 Å². The van der Waals surface area contributed by atoms with E-state index in [4.69, 9.17) is 10.8 Å². The lowest BCUT2D eigenvalue weighted by molar-refractivity contribution is 0.126. The second-order valence-corrected chi connectivity index (χ2v) is 10.4. The van der Waals surface area contributed by atoms with E-state index in [-0.39, 0.29) is 0 Å². The lowest BCUT2D eigenvalue weighted by Gasteiger charge is -2.37. The molecule has 0 spiro atoms. The Balaban J connectivity index is 2.74. The SMILES string of the molecule is C#CC(C)(CCc1ccccc1)O[Si](CC)(CC)CC. The Hall–Kier alpha value is -1.04. The second kappa shape index (κ2) is 7.66. The van der Waals surface area contributed by atoms with Crippen molar-refractivity contribution in [1.82, 2.24) is 0 Å². The third-order valence-corrected chi connectivity index (χ3v) is 9.16. The molecule has 0 aliphatic carbocycles. The Labute approximate surface area is 125 Å². The number of terminal acetylenes is 1. The van der Waals surface area contributed by atoms with E-state index in [9.17, 15) is 0 Å². The average Bonchev–Trinajstić information content (AvgIpc) is 2.52. The zero-order valence-corrected chi connectivity index (χ0v) is 14.4. The molecule has 0 aliphatic rings. The fourth-order valence-electron chi connectivity index (χ4n) is 2.62. The quantitative estimate of drug-likeness (QED) is 0.481. The number of hydrogen-bond donors (Lipinski definition) is 0. The summed E-state index contributed by atoms with van der Waals surface area (Å²) in [5, 5.41) is 0. The average molecular weight is 289 g/mol. The fourth-order valence-corrected chi connectivity index (χ4v) is 5.67. The maximum absolute atomic E-state index is 6.55. The molecule has 1 nitrogen and oxygen atoms in total. The molecule has 1 unspecified atom stereocenters. The number of hydrogen-bond acceptors (Lipinski definition) is 1. The summed E-state index contributed by atoms with van der Waals surface area (Å²) in [4.78, 5) is 0. The highest BCUT2D eigenvalue weighted by molar-refractivity contribution is 6.73. The van der Waals surface area contributed by atoms with Crippen LogP contribution in [-0.4, -0.2) is 13.9 Å². The summed E-state index contributed by atoms with van der Waals surface area (Å²) in [7, 11) is -1.65. The zero-order chi connectivity index (χ0) is 15.1. The molecule has 0 aliphatic heterocycles. The van der Waals surface area contributed by atoms with Crippen LogP contribution >= 0.6 is 0 Å². The molecular weight excluding hydrogens is 260 g/mol. The van der Waals surface area contributed by atoms with E-state index >= 15 is 0 Å². The van der Waals surface area contributed by atoms with Crippen molar-refractivity contribution < 1.29 is 4.43 Å². The van der Waals surface area contributed by atoms with Gasteiger partial charge >= 0.3 is 0 Å². The lowest BCUT2D eigenvalue weighted by Crippen LogP contribution is -2.45. The number of aryl methyl sites for hydroxylation is 1. The smallest absolute Gasteiger partial charge is 0.194 e. The second-order valence-electron chi connectivity index (χ2n) is 5.71. The van der Waals surface area contributed by atoms with Gasteiger partial charge in [0.15, 0.2) is 8.32 Å². The molecule has 0 N–H and O–H groups in total. The molecule has 2 heteroatoms. The molecule has 110 valence electrons. The highest BCUT2D eigenvalue weighted by Gasteiger charge is 2.36. The van der Waals surface area contributed by atoms with Crippen molar-refractivity contribution in [3.8, 4) is 12.3 Å². The monoisotopic (exact) mass is 288 g/mol. The summed E-state index contributed by atoms with van der Waals surface area (Å²) in [5.74, 6) is 2.92. The molecule has 0 radical (unpaired) electrons. The minimum atomic E-state index is -1.65. The first-order valence-electron chi connectivity index (χ1n) is 7.75. The topological polar surface area (TPSA) is 9.23 Å². The van der Waals surface area contributed by atoms with Crippen molar-refractivity contribution in [2.75, 3.05) is 0 Å². The standard InChI is InChI=1S/C18H28OSi/c1-6-18(5,19-20(7-2,8-3)9-4)16-15-17-13-11-10-12-14-17/h1,10-14H,7-9,15-16H2,2-5H3. The Bertz CT molecular complexity index is 422. The van der Waals surface area contributed by atoms with Gasteiger partial charge in [0.25, 0.3) is 0 Å². The lowest BCUT2D eigenvalue weighted by atomic mass is 9.98. The van der Waals surface area contributed by atoms with Gasteiger partial charge in [-0.1, -0.05) is 57.0 Å². The highest BCUT2D eigenvalue weighted by atomic mass is 28.4. The predicted molar refractivity (Wildman–Crippen MR) is 90.3 cm³/mol. The Kier molecular flexibility index (Phi) is 6.52. The predicted octanol–water partition coefficient (Wildman–Crippen LogP) is 5.03. The van der Waals surface area contributed by atoms with E-state index in [2.05, 4.69) is 57.9 Å². The van der Waals surface area contributed by atoms with Gasteiger partial charge in [0.1, 0.15) is 5.60 Å². The first-order chi connectivity index (χ1) is 9.53. The van der Waals surface area contributed by atoms with Crippen molar-refractivity contribution in [2.24, 2.45) is 0 Å². The molecule has 0 fully saturated rings. The maximum atomic E-state index is 6.55. The minimum absolute atomic E-state index is 0.426. The van der Waals surface area contributed by atoms with E-state index in [1.165, 1.54) is 5.56 Å². The van der Waals surface area contributed by atoms with Crippen LogP contribution in [0.1, 0.15) is 39.7 Å². The Morgan fingerprint density at radius 3 is 2.10 bits per heavy atom. The van der Waals surface area contributed by atoms with Crippen LogP contribution in [0.15, 0.2) is 30.3 Å². The fraction of sp³-hybridized carbons (Fsp3) is 0.556. The summed E-state index contributed by atoms with van der Waals surface area (Å²) in [5.41, 5.74) is 0.902. The van der Waals surface area contributed by atoms with Crippen LogP contribution < -0.4 is 0 Å². The van der Waals surface area contributed by atoms with Crippen molar-refractivity contribution in [2.45, 2.75) is 64.3 Å². The van der Waals surface area contributed by atoms with E-state index in [0.717, 1.165) is 31.0 Å². The molecule has 0 bridgehead atoms. The van der Waals surface area contributed by atoms with Crippen LogP contribution in [0, 0.1) is 12.3 Å². The van der Waals surface area contributed by atoms with Gasteiger partial charge in [-0.15, -0.1) is 6.42 Å². The van der Waals surface area contributed by atoms with Crippen molar-refractivity contribution >= 4 is 8.32 Å². The van der Waals surface area contributed by atoms with Gasteiger partial charge < -0.3 is 4.43 Å². The molecule has 0 heterocycles. The van der Waals surface area contributed by atoms with Crippen molar-refractivity contribution in [3.05, 3.63) is 35.9 Å². The van der Waals surface area contributed by atoms with E-state index in [0.29, 0.717) is 0 Å².